The summed E-state index contributed by atoms with van der Waals surface area (Å²) in [4.78, 5) is 23.1. The SMILES string of the molecule is COc1cc(N)ccc1C(=O)NC(CC(=O)O)C1CC1. The van der Waals surface area contributed by atoms with Crippen molar-refractivity contribution in [2.75, 3.05) is 12.8 Å². The van der Waals surface area contributed by atoms with Gasteiger partial charge in [0.1, 0.15) is 5.75 Å². The van der Waals surface area contributed by atoms with E-state index in [1.165, 1.54) is 7.11 Å². The standard InChI is InChI=1S/C14H18N2O4/c1-20-12-6-9(15)4-5-10(12)14(19)16-11(7-13(17)18)8-2-3-8/h4-6,8,11H,2-3,7,15H2,1H3,(H,16,19)(H,17,18). The molecule has 4 N–H and O–H groups in total. The lowest BCUT2D eigenvalue weighted by Crippen LogP contribution is -2.38. The maximum Gasteiger partial charge on any atom is 0.305 e. The third-order valence-corrected chi connectivity index (χ3v) is 3.37. The first-order valence-corrected chi connectivity index (χ1v) is 6.47. The molecule has 0 saturated heterocycles. The van der Waals surface area contributed by atoms with E-state index in [0.29, 0.717) is 17.0 Å². The second-order valence-corrected chi connectivity index (χ2v) is 4.97. The maximum absolute atomic E-state index is 12.2. The zero-order chi connectivity index (χ0) is 14.7. The molecule has 1 atom stereocenters. The van der Waals surface area contributed by atoms with Crippen molar-refractivity contribution in [2.24, 2.45) is 5.92 Å². The fraction of sp³-hybridized carbons (Fsp3) is 0.429. The van der Waals surface area contributed by atoms with Crippen molar-refractivity contribution < 1.29 is 19.4 Å². The summed E-state index contributed by atoms with van der Waals surface area (Å²) >= 11 is 0. The minimum atomic E-state index is -0.911. The molecular weight excluding hydrogens is 260 g/mol. The number of carboxylic acids is 1. The molecular formula is C14H18N2O4. The molecule has 6 heteroatoms. The molecule has 2 rings (SSSR count). The summed E-state index contributed by atoms with van der Waals surface area (Å²) in [6.45, 7) is 0. The first kappa shape index (κ1) is 14.2. The number of methoxy groups -OCH3 is 1. The molecule has 20 heavy (non-hydrogen) atoms. The Bertz CT molecular complexity index is 526. The number of hydrogen-bond acceptors (Lipinski definition) is 4. The molecule has 0 bridgehead atoms. The Morgan fingerprint density at radius 3 is 2.75 bits per heavy atom. The number of carbonyl (C=O) groups is 2. The predicted octanol–water partition coefficient (Wildman–Crippen LogP) is 1.26. The molecule has 1 aliphatic carbocycles. The summed E-state index contributed by atoms with van der Waals surface area (Å²) in [7, 11) is 1.46. The van der Waals surface area contributed by atoms with E-state index in [0.717, 1.165) is 12.8 Å². The van der Waals surface area contributed by atoms with Crippen molar-refractivity contribution in [3.05, 3.63) is 23.8 Å². The third-order valence-electron chi connectivity index (χ3n) is 3.37. The molecule has 6 nitrogen and oxygen atoms in total. The Labute approximate surface area is 116 Å². The van der Waals surface area contributed by atoms with Crippen LogP contribution in [0.15, 0.2) is 18.2 Å². The molecule has 0 spiro atoms. The number of rotatable bonds is 6. The van der Waals surface area contributed by atoms with E-state index < -0.39 is 5.97 Å². The molecule has 0 aliphatic heterocycles. The van der Waals surface area contributed by atoms with E-state index in [2.05, 4.69) is 5.32 Å². The zero-order valence-electron chi connectivity index (χ0n) is 11.3. The second-order valence-electron chi connectivity index (χ2n) is 4.97. The van der Waals surface area contributed by atoms with Gasteiger partial charge < -0.3 is 20.9 Å². The molecule has 1 aromatic carbocycles. The van der Waals surface area contributed by atoms with E-state index >= 15 is 0 Å². The molecule has 1 amide bonds. The Kier molecular flexibility index (Phi) is 4.12. The number of hydrogen-bond donors (Lipinski definition) is 3. The lowest BCUT2D eigenvalue weighted by Gasteiger charge is -2.17. The van der Waals surface area contributed by atoms with Crippen LogP contribution in [0.3, 0.4) is 0 Å². The molecule has 0 aromatic heterocycles. The van der Waals surface area contributed by atoms with E-state index in [9.17, 15) is 9.59 Å². The largest absolute Gasteiger partial charge is 0.496 e. The quantitative estimate of drug-likeness (QED) is 0.680. The molecule has 1 fully saturated rings. The van der Waals surface area contributed by atoms with Crippen LogP contribution in [0.2, 0.25) is 0 Å². The number of carboxylic acid groups (broad SMARTS) is 1. The van der Waals surface area contributed by atoms with Crippen LogP contribution in [0.5, 0.6) is 5.75 Å². The molecule has 1 unspecified atom stereocenters. The van der Waals surface area contributed by atoms with Crippen molar-refractivity contribution >= 4 is 17.6 Å². The second kappa shape index (κ2) is 5.81. The molecule has 1 aliphatic rings. The summed E-state index contributed by atoms with van der Waals surface area (Å²) in [5.41, 5.74) is 6.50. The summed E-state index contributed by atoms with van der Waals surface area (Å²) in [6.07, 6.45) is 1.85. The first-order valence-electron chi connectivity index (χ1n) is 6.47. The molecule has 1 saturated carbocycles. The fourth-order valence-corrected chi connectivity index (χ4v) is 2.16. The van der Waals surface area contributed by atoms with Crippen LogP contribution in [0, 0.1) is 5.92 Å². The Balaban J connectivity index is 2.12. The van der Waals surface area contributed by atoms with E-state index in [1.54, 1.807) is 18.2 Å². The van der Waals surface area contributed by atoms with Gasteiger partial charge in [0.25, 0.3) is 5.91 Å². The Morgan fingerprint density at radius 1 is 1.50 bits per heavy atom. The molecule has 1 aromatic rings. The van der Waals surface area contributed by atoms with Gasteiger partial charge in [-0.15, -0.1) is 0 Å². The number of ether oxygens (including phenoxy) is 1. The van der Waals surface area contributed by atoms with Crippen LogP contribution in [-0.2, 0) is 4.79 Å². The van der Waals surface area contributed by atoms with Gasteiger partial charge in [0, 0.05) is 17.8 Å². The van der Waals surface area contributed by atoms with Gasteiger partial charge >= 0.3 is 5.97 Å². The average molecular weight is 278 g/mol. The van der Waals surface area contributed by atoms with Gasteiger partial charge in [-0.2, -0.15) is 0 Å². The monoisotopic (exact) mass is 278 g/mol. The first-order chi connectivity index (χ1) is 9.51. The van der Waals surface area contributed by atoms with Gasteiger partial charge in [-0.05, 0) is 30.9 Å². The van der Waals surface area contributed by atoms with Crippen LogP contribution >= 0.6 is 0 Å². The van der Waals surface area contributed by atoms with Crippen LogP contribution < -0.4 is 15.8 Å². The highest BCUT2D eigenvalue weighted by molar-refractivity contribution is 5.97. The highest BCUT2D eigenvalue weighted by Crippen LogP contribution is 2.34. The summed E-state index contributed by atoms with van der Waals surface area (Å²) in [5.74, 6) is -0.603. The minimum Gasteiger partial charge on any atom is -0.496 e. The molecule has 108 valence electrons. The highest BCUT2D eigenvalue weighted by Gasteiger charge is 2.34. The van der Waals surface area contributed by atoms with Crippen LogP contribution in [0.4, 0.5) is 5.69 Å². The van der Waals surface area contributed by atoms with E-state index in [-0.39, 0.29) is 24.3 Å². The minimum absolute atomic E-state index is 0.0618. The number of anilines is 1. The van der Waals surface area contributed by atoms with Crippen LogP contribution in [0.1, 0.15) is 29.6 Å². The van der Waals surface area contributed by atoms with Crippen molar-refractivity contribution in [3.8, 4) is 5.75 Å². The van der Waals surface area contributed by atoms with Crippen molar-refractivity contribution in [3.63, 3.8) is 0 Å². The smallest absolute Gasteiger partial charge is 0.305 e. The van der Waals surface area contributed by atoms with Gasteiger partial charge in [0.05, 0.1) is 19.1 Å². The van der Waals surface area contributed by atoms with Crippen molar-refractivity contribution in [1.82, 2.24) is 5.32 Å². The number of nitrogens with two attached hydrogens (primary N) is 1. The molecule has 0 heterocycles. The van der Waals surface area contributed by atoms with Crippen LogP contribution in [-0.4, -0.2) is 30.1 Å². The number of aliphatic carboxylic acids is 1. The topological polar surface area (TPSA) is 102 Å². The Morgan fingerprint density at radius 2 is 2.20 bits per heavy atom. The van der Waals surface area contributed by atoms with Crippen molar-refractivity contribution in [1.29, 1.82) is 0 Å². The lowest BCUT2D eigenvalue weighted by atomic mass is 10.1. The fourth-order valence-electron chi connectivity index (χ4n) is 2.16. The zero-order valence-corrected chi connectivity index (χ0v) is 11.3. The average Bonchev–Trinajstić information content (AvgIpc) is 3.21. The number of nitrogen functional groups attached to an aromatic ring is 1. The van der Waals surface area contributed by atoms with E-state index in [1.807, 2.05) is 0 Å². The summed E-state index contributed by atoms with van der Waals surface area (Å²) in [6, 6.07) is 4.43. The molecule has 0 radical (unpaired) electrons. The van der Waals surface area contributed by atoms with Crippen molar-refractivity contribution in [2.45, 2.75) is 25.3 Å². The summed E-state index contributed by atoms with van der Waals surface area (Å²) in [5, 5.41) is 11.7. The highest BCUT2D eigenvalue weighted by atomic mass is 16.5. The maximum atomic E-state index is 12.2. The predicted molar refractivity (Wildman–Crippen MR) is 73.6 cm³/mol. The third kappa shape index (κ3) is 3.40. The van der Waals surface area contributed by atoms with Gasteiger partial charge in [0.15, 0.2) is 0 Å². The van der Waals surface area contributed by atoms with Gasteiger partial charge in [0.2, 0.25) is 0 Å². The Hall–Kier alpha value is -2.24. The number of benzene rings is 1. The number of nitrogens with one attached hydrogen (secondary N) is 1. The van der Waals surface area contributed by atoms with Gasteiger partial charge in [-0.25, -0.2) is 0 Å². The van der Waals surface area contributed by atoms with E-state index in [4.69, 9.17) is 15.6 Å². The van der Waals surface area contributed by atoms with Gasteiger partial charge in [-0.3, -0.25) is 9.59 Å². The number of amides is 1. The lowest BCUT2D eigenvalue weighted by molar-refractivity contribution is -0.137. The van der Waals surface area contributed by atoms with Crippen LogP contribution in [0.25, 0.3) is 0 Å². The number of carbonyl (C=O) groups excluding carboxylic acids is 1. The van der Waals surface area contributed by atoms with Gasteiger partial charge in [-0.1, -0.05) is 0 Å². The normalized spacial score (nSPS) is 15.4. The summed E-state index contributed by atoms with van der Waals surface area (Å²) < 4.78 is 5.13.